The van der Waals surface area contributed by atoms with Crippen molar-refractivity contribution >= 4 is 28.6 Å². The minimum Gasteiger partial charge on any atom is -0.399 e. The molecule has 0 bridgehead atoms. The maximum Gasteiger partial charge on any atom is 0.241 e. The van der Waals surface area contributed by atoms with Crippen LogP contribution in [0.4, 0.5) is 11.4 Å². The van der Waals surface area contributed by atoms with Gasteiger partial charge >= 0.3 is 0 Å². The molecule has 0 aliphatic rings. The second-order valence-corrected chi connectivity index (χ2v) is 6.00. The zero-order valence-corrected chi connectivity index (χ0v) is 13.3. The molecule has 1 unspecified atom stereocenters. The second-order valence-electron chi connectivity index (χ2n) is 5.06. The molecule has 0 saturated carbocycles. The van der Waals surface area contributed by atoms with Gasteiger partial charge in [-0.3, -0.25) is 9.69 Å². The molecule has 2 rings (SSSR count). The van der Waals surface area contributed by atoms with Crippen LogP contribution in [0.5, 0.6) is 0 Å². The number of amides is 1. The molecule has 0 spiro atoms. The summed E-state index contributed by atoms with van der Waals surface area (Å²) in [7, 11) is 1.94. The molecule has 0 aliphatic heterocycles. The number of carbonyl (C=O) groups excluding carboxylic acids is 1. The van der Waals surface area contributed by atoms with E-state index in [1.165, 1.54) is 4.88 Å². The summed E-state index contributed by atoms with van der Waals surface area (Å²) in [4.78, 5) is 19.7. The van der Waals surface area contributed by atoms with Crippen molar-refractivity contribution in [1.82, 2.24) is 9.88 Å². The van der Waals surface area contributed by atoms with Crippen LogP contribution >= 0.6 is 11.3 Å². The Morgan fingerprint density at radius 3 is 2.67 bits per heavy atom. The van der Waals surface area contributed by atoms with Crippen molar-refractivity contribution in [1.29, 1.82) is 0 Å². The number of hydrogen-bond acceptors (Lipinski definition) is 5. The number of nitrogens with one attached hydrogen (secondary N) is 1. The Labute approximate surface area is 128 Å². The predicted molar refractivity (Wildman–Crippen MR) is 87.3 cm³/mol. The Morgan fingerprint density at radius 1 is 1.43 bits per heavy atom. The molecule has 1 aromatic carbocycles. The SMILES string of the molecule is Cc1ncsc1CN(C)C(C)C(=O)Nc1ccc(N)cc1. The van der Waals surface area contributed by atoms with Crippen LogP contribution in [-0.4, -0.2) is 28.9 Å². The van der Waals surface area contributed by atoms with Crippen molar-refractivity contribution in [3.63, 3.8) is 0 Å². The fourth-order valence-electron chi connectivity index (χ4n) is 1.85. The van der Waals surface area contributed by atoms with E-state index in [0.29, 0.717) is 12.2 Å². The van der Waals surface area contributed by atoms with Crippen molar-refractivity contribution in [2.45, 2.75) is 26.4 Å². The van der Waals surface area contributed by atoms with Gasteiger partial charge in [-0.25, -0.2) is 4.98 Å². The Bertz CT molecular complexity index is 608. The quantitative estimate of drug-likeness (QED) is 0.833. The first kappa shape index (κ1) is 15.5. The van der Waals surface area contributed by atoms with Gasteiger partial charge in [0.25, 0.3) is 0 Å². The number of anilines is 2. The van der Waals surface area contributed by atoms with Crippen LogP contribution in [0.25, 0.3) is 0 Å². The van der Waals surface area contributed by atoms with Crippen LogP contribution < -0.4 is 11.1 Å². The van der Waals surface area contributed by atoms with Crippen molar-refractivity contribution in [2.24, 2.45) is 0 Å². The highest BCUT2D eigenvalue weighted by atomic mass is 32.1. The second kappa shape index (κ2) is 6.69. The first-order valence-electron chi connectivity index (χ1n) is 6.73. The van der Waals surface area contributed by atoms with E-state index >= 15 is 0 Å². The van der Waals surface area contributed by atoms with E-state index in [1.807, 2.05) is 31.3 Å². The number of benzene rings is 1. The van der Waals surface area contributed by atoms with Gasteiger partial charge in [0, 0.05) is 22.8 Å². The highest BCUT2D eigenvalue weighted by Crippen LogP contribution is 2.16. The number of thiazole rings is 1. The molecule has 1 atom stereocenters. The summed E-state index contributed by atoms with van der Waals surface area (Å²) in [5, 5.41) is 2.90. The molecule has 0 radical (unpaired) electrons. The zero-order chi connectivity index (χ0) is 15.4. The van der Waals surface area contributed by atoms with Gasteiger partial charge in [0.1, 0.15) is 0 Å². The first-order valence-corrected chi connectivity index (χ1v) is 7.61. The summed E-state index contributed by atoms with van der Waals surface area (Å²) in [6.07, 6.45) is 0. The monoisotopic (exact) mass is 304 g/mol. The third-order valence-electron chi connectivity index (χ3n) is 3.46. The van der Waals surface area contributed by atoms with Gasteiger partial charge in [-0.1, -0.05) is 0 Å². The van der Waals surface area contributed by atoms with Crippen LogP contribution in [-0.2, 0) is 11.3 Å². The number of aryl methyl sites for hydroxylation is 1. The van der Waals surface area contributed by atoms with Crippen LogP contribution in [0.2, 0.25) is 0 Å². The van der Waals surface area contributed by atoms with E-state index < -0.39 is 0 Å². The first-order chi connectivity index (χ1) is 9.97. The fourth-order valence-corrected chi connectivity index (χ4v) is 2.69. The molecule has 0 fully saturated rings. The van der Waals surface area contributed by atoms with E-state index in [2.05, 4.69) is 10.3 Å². The summed E-state index contributed by atoms with van der Waals surface area (Å²) in [6.45, 7) is 4.59. The Hall–Kier alpha value is -1.92. The lowest BCUT2D eigenvalue weighted by atomic mass is 10.2. The molecule has 1 aromatic heterocycles. The molecule has 3 N–H and O–H groups in total. The summed E-state index contributed by atoms with van der Waals surface area (Å²) >= 11 is 1.61. The van der Waals surface area contributed by atoms with Crippen molar-refractivity contribution in [3.05, 3.63) is 40.3 Å². The predicted octanol–water partition coefficient (Wildman–Crippen LogP) is 2.49. The highest BCUT2D eigenvalue weighted by molar-refractivity contribution is 7.09. The third-order valence-corrected chi connectivity index (χ3v) is 4.38. The number of hydrogen-bond donors (Lipinski definition) is 2. The standard InChI is InChI=1S/C15H20N4OS/c1-10-14(21-9-17-10)8-19(3)11(2)15(20)18-13-6-4-12(16)5-7-13/h4-7,9,11H,8,16H2,1-3H3,(H,18,20). The van der Waals surface area contributed by atoms with E-state index in [9.17, 15) is 4.79 Å². The summed E-state index contributed by atoms with van der Waals surface area (Å²) in [5.41, 5.74) is 9.92. The maximum absolute atomic E-state index is 12.3. The largest absolute Gasteiger partial charge is 0.399 e. The van der Waals surface area contributed by atoms with E-state index in [4.69, 9.17) is 5.73 Å². The van der Waals surface area contributed by atoms with Crippen molar-refractivity contribution in [2.75, 3.05) is 18.1 Å². The molecule has 0 saturated heterocycles. The Balaban J connectivity index is 1.95. The van der Waals surface area contributed by atoms with Gasteiger partial charge in [-0.15, -0.1) is 11.3 Å². The minimum atomic E-state index is -0.232. The maximum atomic E-state index is 12.3. The average Bonchev–Trinajstić information content (AvgIpc) is 2.86. The van der Waals surface area contributed by atoms with Crippen LogP contribution in [0.15, 0.2) is 29.8 Å². The molecule has 1 amide bonds. The molecule has 2 aromatic rings. The Morgan fingerprint density at radius 2 is 2.10 bits per heavy atom. The molecular weight excluding hydrogens is 284 g/mol. The van der Waals surface area contributed by atoms with E-state index in [1.54, 1.807) is 35.6 Å². The van der Waals surface area contributed by atoms with E-state index in [-0.39, 0.29) is 11.9 Å². The van der Waals surface area contributed by atoms with Gasteiger partial charge < -0.3 is 11.1 Å². The summed E-state index contributed by atoms with van der Waals surface area (Å²) in [5.74, 6) is -0.0376. The van der Waals surface area contributed by atoms with Gasteiger partial charge in [0.05, 0.1) is 17.2 Å². The number of nitrogens with two attached hydrogens (primary N) is 1. The molecule has 21 heavy (non-hydrogen) atoms. The van der Waals surface area contributed by atoms with Crippen LogP contribution in [0.3, 0.4) is 0 Å². The normalized spacial score (nSPS) is 12.4. The molecule has 5 nitrogen and oxygen atoms in total. The zero-order valence-electron chi connectivity index (χ0n) is 12.5. The molecule has 0 aliphatic carbocycles. The summed E-state index contributed by atoms with van der Waals surface area (Å²) in [6, 6.07) is 6.90. The molecule has 6 heteroatoms. The third kappa shape index (κ3) is 4.03. The van der Waals surface area contributed by atoms with Crippen molar-refractivity contribution in [3.8, 4) is 0 Å². The number of rotatable bonds is 5. The van der Waals surface area contributed by atoms with Gasteiger partial charge in [0.2, 0.25) is 5.91 Å². The fraction of sp³-hybridized carbons (Fsp3) is 0.333. The average molecular weight is 304 g/mol. The minimum absolute atomic E-state index is 0.0376. The summed E-state index contributed by atoms with van der Waals surface area (Å²) < 4.78 is 0. The number of nitrogen functional groups attached to an aromatic ring is 1. The number of carbonyl (C=O) groups is 1. The number of nitrogens with zero attached hydrogens (tertiary/aromatic N) is 2. The lowest BCUT2D eigenvalue weighted by Gasteiger charge is -2.23. The van der Waals surface area contributed by atoms with Crippen molar-refractivity contribution < 1.29 is 4.79 Å². The van der Waals surface area contributed by atoms with Crippen LogP contribution in [0.1, 0.15) is 17.5 Å². The highest BCUT2D eigenvalue weighted by Gasteiger charge is 2.19. The molecule has 1 heterocycles. The Kier molecular flexibility index (Phi) is 4.93. The molecular formula is C15H20N4OS. The number of likely N-dealkylation sites (N-methyl/N-ethyl adjacent to an activating group) is 1. The smallest absolute Gasteiger partial charge is 0.241 e. The topological polar surface area (TPSA) is 71.2 Å². The lowest BCUT2D eigenvalue weighted by molar-refractivity contribution is -0.120. The van der Waals surface area contributed by atoms with Gasteiger partial charge in [-0.2, -0.15) is 0 Å². The molecule has 112 valence electrons. The van der Waals surface area contributed by atoms with E-state index in [0.717, 1.165) is 11.4 Å². The van der Waals surface area contributed by atoms with Gasteiger partial charge in [-0.05, 0) is 45.2 Å². The van der Waals surface area contributed by atoms with Crippen LogP contribution in [0, 0.1) is 6.92 Å². The van der Waals surface area contributed by atoms with Gasteiger partial charge in [0.15, 0.2) is 0 Å². The number of aromatic nitrogens is 1. The lowest BCUT2D eigenvalue weighted by Crippen LogP contribution is -2.39.